The average Bonchev–Trinajstić information content (AvgIpc) is 1.85. The Morgan fingerprint density at radius 1 is 1.08 bits per heavy atom. The van der Waals surface area contributed by atoms with E-state index in [2.05, 4.69) is 7.05 Å². The van der Waals surface area contributed by atoms with Crippen LogP contribution in [0.5, 0.6) is 0 Å². The zero-order chi connectivity index (χ0) is 9.61. The first-order chi connectivity index (χ1) is 5.39. The fourth-order valence-corrected chi connectivity index (χ4v) is 0.720. The molecule has 0 saturated carbocycles. The van der Waals surface area contributed by atoms with E-state index in [0.717, 1.165) is 13.2 Å². The highest BCUT2D eigenvalue weighted by atomic mass is 19.5. The molecule has 1 N–H and O–H groups in total. The van der Waals surface area contributed by atoms with E-state index in [-0.39, 0.29) is 0 Å². The van der Waals surface area contributed by atoms with Crippen LogP contribution in [0.2, 0.25) is 0 Å². The van der Waals surface area contributed by atoms with Crippen molar-refractivity contribution in [1.29, 1.82) is 0 Å². The molecule has 12 heavy (non-hydrogen) atoms. The molecule has 1 rings (SSSR count). The van der Waals surface area contributed by atoms with Gasteiger partial charge >= 0.3 is 7.25 Å². The molecule has 0 unspecified atom stereocenters. The Morgan fingerprint density at radius 3 is 1.58 bits per heavy atom. The molecular weight excluding hydrogens is 177 g/mol. The van der Waals surface area contributed by atoms with Crippen LogP contribution in [0.3, 0.4) is 0 Å². The number of ether oxygens (including phenoxy) is 1. The normalized spacial score (nSPS) is 19.8. The Labute approximate surface area is 68.6 Å². The van der Waals surface area contributed by atoms with E-state index in [1.165, 1.54) is 13.1 Å². The first-order valence-corrected chi connectivity index (χ1v) is 3.66. The quantitative estimate of drug-likeness (QED) is 0.412. The van der Waals surface area contributed by atoms with Gasteiger partial charge in [-0.1, -0.05) is 0 Å². The van der Waals surface area contributed by atoms with Crippen LogP contribution >= 0.6 is 0 Å². The molecule has 1 fully saturated rings. The fraction of sp³-hybridized carbons (Fsp3) is 1.00. The van der Waals surface area contributed by atoms with Crippen LogP contribution in [-0.4, -0.2) is 40.6 Å². The van der Waals surface area contributed by atoms with Crippen molar-refractivity contribution in [2.45, 2.75) is 0 Å². The first-order valence-electron chi connectivity index (χ1n) is 3.66. The number of likely N-dealkylation sites (N-methyl/N-ethyl adjacent to an activating group) is 1. The maximum absolute atomic E-state index is 9.75. The molecule has 7 heteroatoms. The van der Waals surface area contributed by atoms with Crippen LogP contribution in [0.25, 0.3) is 0 Å². The number of rotatable bonds is 0. The zero-order valence-electron chi connectivity index (χ0n) is 6.83. The highest BCUT2D eigenvalue weighted by Crippen LogP contribution is 2.06. The molecule has 74 valence electrons. The molecule has 1 aliphatic rings. The van der Waals surface area contributed by atoms with E-state index in [1.807, 2.05) is 0 Å². The largest absolute Gasteiger partial charge is 0.673 e. The Hall–Kier alpha value is -0.295. The number of hydrogen-bond donors (Lipinski definition) is 1. The summed E-state index contributed by atoms with van der Waals surface area (Å²) in [7, 11) is -3.80. The highest BCUT2D eigenvalue weighted by molar-refractivity contribution is 6.50. The van der Waals surface area contributed by atoms with Gasteiger partial charge in [0, 0.05) is 0 Å². The van der Waals surface area contributed by atoms with E-state index in [1.54, 1.807) is 4.90 Å². The van der Waals surface area contributed by atoms with Crippen molar-refractivity contribution in [3.63, 3.8) is 0 Å². The van der Waals surface area contributed by atoms with Gasteiger partial charge in [-0.05, 0) is 0 Å². The second kappa shape index (κ2) is 5.37. The monoisotopic (exact) mass is 189 g/mol. The number of hydrogen-bond acceptors (Lipinski definition) is 1. The van der Waals surface area contributed by atoms with Crippen molar-refractivity contribution in [1.82, 2.24) is 0 Å². The lowest BCUT2D eigenvalue weighted by atomic mass is 10.3. The molecule has 0 atom stereocenters. The van der Waals surface area contributed by atoms with Gasteiger partial charge in [-0.25, -0.2) is 0 Å². The van der Waals surface area contributed by atoms with Gasteiger partial charge in [-0.2, -0.15) is 0 Å². The van der Waals surface area contributed by atoms with E-state index in [0.29, 0.717) is 0 Å². The van der Waals surface area contributed by atoms with Crippen LogP contribution in [0, 0.1) is 0 Å². The van der Waals surface area contributed by atoms with E-state index in [9.17, 15) is 17.3 Å². The highest BCUT2D eigenvalue weighted by Gasteiger charge is 2.20. The minimum atomic E-state index is -6.00. The van der Waals surface area contributed by atoms with Gasteiger partial charge in [-0.15, -0.1) is 0 Å². The van der Waals surface area contributed by atoms with Gasteiger partial charge in [0.2, 0.25) is 0 Å². The summed E-state index contributed by atoms with van der Waals surface area (Å²) in [5.41, 5.74) is 0. The molecule has 0 bridgehead atoms. The van der Waals surface area contributed by atoms with Crippen molar-refractivity contribution < 1.29 is 26.9 Å². The van der Waals surface area contributed by atoms with Gasteiger partial charge in [0.15, 0.2) is 0 Å². The Bertz CT molecular complexity index is 109. The summed E-state index contributed by atoms with van der Waals surface area (Å²) in [4.78, 5) is 1.59. The second-order valence-corrected chi connectivity index (χ2v) is 2.56. The minimum Gasteiger partial charge on any atom is -0.418 e. The molecule has 2 nitrogen and oxygen atoms in total. The lowest BCUT2D eigenvalue weighted by Gasteiger charge is -2.18. The predicted octanol–water partition coefficient (Wildman–Crippen LogP) is -0.169. The maximum Gasteiger partial charge on any atom is 0.673 e. The lowest BCUT2D eigenvalue weighted by Crippen LogP contribution is -3.11. The SMILES string of the molecule is C[NH+]1CCOCC1.F[B-](F)(F)F. The van der Waals surface area contributed by atoms with Crippen LogP contribution < -0.4 is 4.90 Å². The summed E-state index contributed by atoms with van der Waals surface area (Å²) < 4.78 is 44.1. The van der Waals surface area contributed by atoms with E-state index < -0.39 is 7.25 Å². The number of quaternary nitrogens is 1. The van der Waals surface area contributed by atoms with Crippen molar-refractivity contribution in [3.8, 4) is 0 Å². The molecule has 1 aliphatic heterocycles. The third-order valence-electron chi connectivity index (χ3n) is 1.35. The molecule has 0 amide bonds. The first kappa shape index (κ1) is 11.7. The van der Waals surface area contributed by atoms with Crippen LogP contribution in [-0.2, 0) is 4.74 Å². The van der Waals surface area contributed by atoms with Crippen molar-refractivity contribution in [3.05, 3.63) is 0 Å². The molecule has 0 spiro atoms. The summed E-state index contributed by atoms with van der Waals surface area (Å²) in [6.45, 7) is 4.26. The summed E-state index contributed by atoms with van der Waals surface area (Å²) in [6, 6.07) is 0. The zero-order valence-corrected chi connectivity index (χ0v) is 6.83. The third-order valence-corrected chi connectivity index (χ3v) is 1.35. The van der Waals surface area contributed by atoms with Crippen molar-refractivity contribution in [2.24, 2.45) is 0 Å². The fourth-order valence-electron chi connectivity index (χ4n) is 0.720. The Kier molecular flexibility index (Phi) is 5.24. The third kappa shape index (κ3) is 12.4. The standard InChI is InChI=1S/C5H11NO.BF4/c1-6-2-4-7-5-3-6;2-1(3,4)5/h2-5H2,1H3;/q;-1/p+1. The summed E-state index contributed by atoms with van der Waals surface area (Å²) in [5.74, 6) is 0. The average molecular weight is 189 g/mol. The molecule has 0 radical (unpaired) electrons. The van der Waals surface area contributed by atoms with Crippen LogP contribution in [0.1, 0.15) is 0 Å². The smallest absolute Gasteiger partial charge is 0.418 e. The van der Waals surface area contributed by atoms with Gasteiger partial charge in [0.05, 0.1) is 20.3 Å². The Balaban J connectivity index is 0.000000217. The molecule has 0 aromatic heterocycles. The minimum absolute atomic E-state index is 0.950. The van der Waals surface area contributed by atoms with Gasteiger partial charge in [0.1, 0.15) is 13.1 Å². The molecule has 1 heterocycles. The topological polar surface area (TPSA) is 13.7 Å². The van der Waals surface area contributed by atoms with E-state index in [4.69, 9.17) is 4.74 Å². The summed E-state index contributed by atoms with van der Waals surface area (Å²) >= 11 is 0. The number of nitrogens with one attached hydrogen (secondary N) is 1. The molecule has 1 saturated heterocycles. The maximum atomic E-state index is 9.75. The Morgan fingerprint density at radius 2 is 1.42 bits per heavy atom. The summed E-state index contributed by atoms with van der Waals surface area (Å²) in [6.07, 6.45) is 0. The molecular formula is C5H12BF4NO. The van der Waals surface area contributed by atoms with Crippen LogP contribution in [0.15, 0.2) is 0 Å². The molecule has 0 aromatic carbocycles. The van der Waals surface area contributed by atoms with Crippen molar-refractivity contribution >= 4 is 7.25 Å². The predicted molar refractivity (Wildman–Crippen MR) is 37.6 cm³/mol. The lowest BCUT2D eigenvalue weighted by molar-refractivity contribution is -0.888. The molecule has 0 aromatic rings. The second-order valence-electron chi connectivity index (χ2n) is 2.56. The number of morpholine rings is 1. The van der Waals surface area contributed by atoms with Gasteiger partial charge in [-0.3, -0.25) is 0 Å². The van der Waals surface area contributed by atoms with Gasteiger partial charge in [0.25, 0.3) is 0 Å². The van der Waals surface area contributed by atoms with Crippen molar-refractivity contribution in [2.75, 3.05) is 33.4 Å². The van der Waals surface area contributed by atoms with Gasteiger partial charge < -0.3 is 26.9 Å². The summed E-state index contributed by atoms with van der Waals surface area (Å²) in [5, 5.41) is 0. The van der Waals surface area contributed by atoms with E-state index >= 15 is 0 Å². The number of halogens is 4. The van der Waals surface area contributed by atoms with Crippen LogP contribution in [0.4, 0.5) is 17.3 Å². The molecule has 0 aliphatic carbocycles.